The third-order valence-electron chi connectivity index (χ3n) is 4.73. The van der Waals surface area contributed by atoms with Crippen molar-refractivity contribution in [1.29, 1.82) is 0 Å². The molecule has 0 radical (unpaired) electrons. The van der Waals surface area contributed by atoms with Gasteiger partial charge >= 0.3 is 0 Å². The molecule has 1 aromatic carbocycles. The highest BCUT2D eigenvalue weighted by Gasteiger charge is 2.28. The van der Waals surface area contributed by atoms with Crippen LogP contribution in [0, 0.1) is 0 Å². The highest BCUT2D eigenvalue weighted by atomic mass is 35.5. The first kappa shape index (κ1) is 25.5. The van der Waals surface area contributed by atoms with E-state index in [1.165, 1.54) is 0 Å². The van der Waals surface area contributed by atoms with Crippen molar-refractivity contribution in [3.63, 3.8) is 0 Å². The van der Waals surface area contributed by atoms with Crippen LogP contribution in [0.4, 0.5) is 4.39 Å². The van der Waals surface area contributed by atoms with Crippen LogP contribution in [0.1, 0.15) is 43.5 Å². The van der Waals surface area contributed by atoms with Crippen molar-refractivity contribution in [2.24, 2.45) is 0 Å². The van der Waals surface area contributed by atoms with Gasteiger partial charge in [-0.15, -0.1) is 12.4 Å². The highest BCUT2D eigenvalue weighted by molar-refractivity contribution is 5.95. The molecule has 1 amide bonds. The summed E-state index contributed by atoms with van der Waals surface area (Å²) in [7, 11) is 1.63. The summed E-state index contributed by atoms with van der Waals surface area (Å²) >= 11 is 0. The normalized spacial score (nSPS) is 16.2. The molecule has 0 aliphatic carbocycles. The van der Waals surface area contributed by atoms with Crippen LogP contribution in [0.3, 0.4) is 0 Å². The lowest BCUT2D eigenvalue weighted by Crippen LogP contribution is -2.51. The molecule has 0 saturated carbocycles. The number of benzene rings is 1. The number of hydrogen-bond acceptors (Lipinski definition) is 5. The molecule has 0 aromatic heterocycles. The molecule has 0 spiro atoms. The van der Waals surface area contributed by atoms with Crippen LogP contribution in [0.5, 0.6) is 11.5 Å². The number of halogens is 2. The Hall–Kier alpha value is -1.57. The van der Waals surface area contributed by atoms with Crippen LogP contribution in [0.15, 0.2) is 18.2 Å². The minimum atomic E-state index is -0.584. The largest absolute Gasteiger partial charge is 0.490 e. The van der Waals surface area contributed by atoms with Crippen molar-refractivity contribution in [3.05, 3.63) is 23.8 Å². The molecule has 166 valence electrons. The summed E-state index contributed by atoms with van der Waals surface area (Å²) in [5, 5.41) is 3.37. The summed E-state index contributed by atoms with van der Waals surface area (Å²) < 4.78 is 28.8. The molecule has 0 unspecified atom stereocenters. The molecule has 8 heteroatoms. The van der Waals surface area contributed by atoms with E-state index in [4.69, 9.17) is 14.2 Å². The molecule has 1 atom stereocenters. The molecule has 1 saturated heterocycles. The molecule has 2 rings (SSSR count). The monoisotopic (exact) mass is 432 g/mol. The summed E-state index contributed by atoms with van der Waals surface area (Å²) in [6.45, 7) is 6.25. The van der Waals surface area contributed by atoms with Crippen LogP contribution in [-0.2, 0) is 4.74 Å². The minimum absolute atomic E-state index is 0. The van der Waals surface area contributed by atoms with E-state index in [0.717, 1.165) is 25.9 Å². The number of carbonyl (C=O) groups excluding carboxylic acids is 1. The van der Waals surface area contributed by atoms with Gasteiger partial charge in [-0.1, -0.05) is 0 Å². The maximum Gasteiger partial charge on any atom is 0.254 e. The smallest absolute Gasteiger partial charge is 0.254 e. The van der Waals surface area contributed by atoms with Crippen molar-refractivity contribution in [2.45, 2.75) is 45.2 Å². The maximum atomic E-state index is 13.3. The Balaban J connectivity index is 0.00000420. The Morgan fingerprint density at radius 2 is 2.00 bits per heavy atom. The van der Waals surface area contributed by atoms with Crippen molar-refractivity contribution in [2.75, 3.05) is 46.7 Å². The topological polar surface area (TPSA) is 60.0 Å². The summed E-state index contributed by atoms with van der Waals surface area (Å²) in [5.41, 5.74) is 0.550. The zero-order valence-corrected chi connectivity index (χ0v) is 18.4. The Morgan fingerprint density at radius 3 is 2.62 bits per heavy atom. The average molecular weight is 433 g/mol. The van der Waals surface area contributed by atoms with E-state index in [9.17, 15) is 9.18 Å². The van der Waals surface area contributed by atoms with Crippen molar-refractivity contribution in [3.8, 4) is 11.5 Å². The first-order valence-corrected chi connectivity index (χ1v) is 10.1. The predicted octanol–water partition coefficient (Wildman–Crippen LogP) is 3.47. The molecule has 1 N–H and O–H groups in total. The number of nitrogens with one attached hydrogen (secondary N) is 1. The molecular formula is C21H34ClFN2O4. The van der Waals surface area contributed by atoms with E-state index in [2.05, 4.69) is 5.32 Å². The zero-order valence-electron chi connectivity index (χ0n) is 17.6. The van der Waals surface area contributed by atoms with Gasteiger partial charge in [0.2, 0.25) is 0 Å². The standard InChI is InChI=1S/C21H33FN2O4.ClH/c1-16(2)24(18-6-4-10-23-15-18)21(25)17-7-8-19(28-13-9-22)20(14-17)27-12-5-11-26-3;/h7-8,14,16,18,23H,4-6,9-13,15H2,1-3H3;1H/t18-;/m1./s1. The minimum Gasteiger partial charge on any atom is -0.490 e. The first-order chi connectivity index (χ1) is 13.6. The van der Waals surface area contributed by atoms with Crippen molar-refractivity contribution in [1.82, 2.24) is 10.2 Å². The van der Waals surface area contributed by atoms with Gasteiger partial charge in [-0.25, -0.2) is 4.39 Å². The number of ether oxygens (including phenoxy) is 3. The van der Waals surface area contributed by atoms with Crippen molar-refractivity contribution >= 4 is 18.3 Å². The van der Waals surface area contributed by atoms with Gasteiger partial charge in [-0.2, -0.15) is 0 Å². The van der Waals surface area contributed by atoms with Gasteiger partial charge in [0.1, 0.15) is 13.3 Å². The molecule has 6 nitrogen and oxygen atoms in total. The molecule has 1 aliphatic heterocycles. The Kier molecular flexibility index (Phi) is 12.0. The Bertz CT molecular complexity index is 612. The van der Waals surface area contributed by atoms with E-state index >= 15 is 0 Å². The van der Waals surface area contributed by atoms with Gasteiger partial charge in [0, 0.05) is 44.3 Å². The van der Waals surface area contributed by atoms with E-state index in [1.807, 2.05) is 18.7 Å². The van der Waals surface area contributed by atoms with E-state index in [1.54, 1.807) is 25.3 Å². The molecular weight excluding hydrogens is 399 g/mol. The highest BCUT2D eigenvalue weighted by Crippen LogP contribution is 2.30. The van der Waals surface area contributed by atoms with Gasteiger partial charge in [-0.3, -0.25) is 4.79 Å². The van der Waals surface area contributed by atoms with E-state index in [-0.39, 0.29) is 37.0 Å². The van der Waals surface area contributed by atoms with Crippen LogP contribution < -0.4 is 14.8 Å². The Labute approximate surface area is 179 Å². The van der Waals surface area contributed by atoms with Gasteiger partial charge in [-0.05, 0) is 51.4 Å². The molecule has 29 heavy (non-hydrogen) atoms. The van der Waals surface area contributed by atoms with Gasteiger partial charge < -0.3 is 24.4 Å². The van der Waals surface area contributed by atoms with Crippen LogP contribution >= 0.6 is 12.4 Å². The number of piperidine rings is 1. The third-order valence-corrected chi connectivity index (χ3v) is 4.73. The quantitative estimate of drug-likeness (QED) is 0.542. The van der Waals surface area contributed by atoms with E-state index < -0.39 is 6.67 Å². The molecule has 0 bridgehead atoms. The van der Waals surface area contributed by atoms with Gasteiger partial charge in [0.05, 0.1) is 6.61 Å². The summed E-state index contributed by atoms with van der Waals surface area (Å²) in [4.78, 5) is 15.2. The van der Waals surface area contributed by atoms with Crippen LogP contribution in [0.2, 0.25) is 0 Å². The van der Waals surface area contributed by atoms with Gasteiger partial charge in [0.25, 0.3) is 5.91 Å². The van der Waals surface area contributed by atoms with Crippen LogP contribution in [-0.4, -0.2) is 69.6 Å². The number of carbonyl (C=O) groups is 1. The number of hydrogen-bond donors (Lipinski definition) is 1. The zero-order chi connectivity index (χ0) is 20.4. The third kappa shape index (κ3) is 7.64. The second kappa shape index (κ2) is 13.6. The number of nitrogens with zero attached hydrogens (tertiary/aromatic N) is 1. The van der Waals surface area contributed by atoms with Crippen LogP contribution in [0.25, 0.3) is 0 Å². The maximum absolute atomic E-state index is 13.3. The first-order valence-electron chi connectivity index (χ1n) is 10.1. The predicted molar refractivity (Wildman–Crippen MR) is 114 cm³/mol. The van der Waals surface area contributed by atoms with E-state index in [0.29, 0.717) is 36.7 Å². The SMILES string of the molecule is COCCCOc1cc(C(=O)N(C(C)C)[C@@H]2CCCNC2)ccc1OCCF.Cl. The van der Waals surface area contributed by atoms with Gasteiger partial charge in [0.15, 0.2) is 11.5 Å². The lowest BCUT2D eigenvalue weighted by Gasteiger charge is -2.37. The average Bonchev–Trinajstić information content (AvgIpc) is 2.70. The summed E-state index contributed by atoms with van der Waals surface area (Å²) in [6.07, 6.45) is 2.77. The Morgan fingerprint density at radius 1 is 1.24 bits per heavy atom. The molecule has 1 fully saturated rings. The summed E-state index contributed by atoms with van der Waals surface area (Å²) in [6, 6.07) is 5.38. The number of alkyl halides is 1. The fourth-order valence-corrected chi connectivity index (χ4v) is 3.45. The summed E-state index contributed by atoms with van der Waals surface area (Å²) in [5.74, 6) is 0.880. The second-order valence-corrected chi connectivity index (χ2v) is 7.20. The lowest BCUT2D eigenvalue weighted by molar-refractivity contribution is 0.0573. The molecule has 1 aromatic rings. The molecule has 1 heterocycles. The number of methoxy groups -OCH3 is 1. The van der Waals surface area contributed by atoms with Crippen molar-refractivity contribution < 1.29 is 23.4 Å². The molecule has 1 aliphatic rings. The fourth-order valence-electron chi connectivity index (χ4n) is 3.45. The number of amides is 1. The fraction of sp³-hybridized carbons (Fsp3) is 0.667. The number of rotatable bonds is 11. The lowest BCUT2D eigenvalue weighted by atomic mass is 10.0. The second-order valence-electron chi connectivity index (χ2n) is 7.20.